The van der Waals surface area contributed by atoms with Gasteiger partial charge in [-0.3, -0.25) is 9.59 Å². The van der Waals surface area contributed by atoms with E-state index < -0.39 is 18.2 Å². The molecule has 0 saturated carbocycles. The van der Waals surface area contributed by atoms with Crippen molar-refractivity contribution in [1.82, 2.24) is 30.5 Å². The van der Waals surface area contributed by atoms with Gasteiger partial charge >= 0.3 is 0 Å². The number of amides is 2. The van der Waals surface area contributed by atoms with Crippen LogP contribution >= 0.6 is 11.3 Å². The fraction of sp³-hybridized carbons (Fsp3) is 0.591. The van der Waals surface area contributed by atoms with Crippen LogP contribution in [-0.4, -0.2) is 68.0 Å². The van der Waals surface area contributed by atoms with Crippen molar-refractivity contribution < 1.29 is 14.7 Å². The zero-order valence-electron chi connectivity index (χ0n) is 19.3. The molecule has 0 bridgehead atoms. The zero-order chi connectivity index (χ0) is 23.5. The molecular weight excluding hydrogens is 428 g/mol. The van der Waals surface area contributed by atoms with Gasteiger partial charge < -0.3 is 20.6 Å². The van der Waals surface area contributed by atoms with E-state index in [-0.39, 0.29) is 36.7 Å². The number of β-amino-alcohol motifs (C(OH)–C–C–N with tert-alkyl or cyclic N) is 1. The smallest absolute Gasteiger partial charge is 0.243 e. The first-order valence-electron chi connectivity index (χ1n) is 10.8. The van der Waals surface area contributed by atoms with Gasteiger partial charge in [0.25, 0.3) is 0 Å². The number of likely N-dealkylation sites (tertiary alicyclic amines) is 1. The summed E-state index contributed by atoms with van der Waals surface area (Å²) < 4.78 is 0. The summed E-state index contributed by atoms with van der Waals surface area (Å²) in [5.41, 5.74) is 3.26. The van der Waals surface area contributed by atoms with E-state index in [9.17, 15) is 14.7 Å². The van der Waals surface area contributed by atoms with E-state index in [1.165, 1.54) is 16.2 Å². The molecule has 2 aromatic heterocycles. The quantitative estimate of drug-likeness (QED) is 0.573. The maximum atomic E-state index is 13.2. The molecule has 1 fully saturated rings. The molecule has 1 aliphatic rings. The molecule has 0 radical (unpaired) electrons. The largest absolute Gasteiger partial charge is 0.391 e. The highest BCUT2D eigenvalue weighted by Crippen LogP contribution is 2.27. The molecule has 174 valence electrons. The highest BCUT2D eigenvalue weighted by molar-refractivity contribution is 7.13. The van der Waals surface area contributed by atoms with Crippen LogP contribution in [0, 0.1) is 12.3 Å². The zero-order valence-corrected chi connectivity index (χ0v) is 20.1. The van der Waals surface area contributed by atoms with E-state index in [0.29, 0.717) is 12.4 Å². The van der Waals surface area contributed by atoms with E-state index in [0.717, 1.165) is 16.1 Å². The van der Waals surface area contributed by atoms with Crippen molar-refractivity contribution in [2.24, 2.45) is 5.41 Å². The van der Waals surface area contributed by atoms with E-state index in [4.69, 9.17) is 0 Å². The molecule has 3 N–H and O–H groups in total. The number of thiazole rings is 1. The highest BCUT2D eigenvalue weighted by atomic mass is 32.1. The monoisotopic (exact) mass is 460 g/mol. The van der Waals surface area contributed by atoms with Gasteiger partial charge in [0.15, 0.2) is 0 Å². The second-order valence-electron chi connectivity index (χ2n) is 9.13. The van der Waals surface area contributed by atoms with Gasteiger partial charge in [0.2, 0.25) is 11.8 Å². The van der Waals surface area contributed by atoms with Gasteiger partial charge in [-0.05, 0) is 18.9 Å². The molecule has 32 heavy (non-hydrogen) atoms. The Kier molecular flexibility index (Phi) is 7.58. The number of likely N-dealkylation sites (N-methyl/N-ethyl adjacent to an activating group) is 1. The predicted octanol–water partition coefficient (Wildman–Crippen LogP) is 1.51. The Labute approximate surface area is 192 Å². The molecule has 3 atom stereocenters. The lowest BCUT2D eigenvalue weighted by atomic mass is 9.85. The van der Waals surface area contributed by atoms with Crippen molar-refractivity contribution in [3.8, 4) is 10.4 Å². The highest BCUT2D eigenvalue weighted by Gasteiger charge is 2.43. The Balaban J connectivity index is 1.65. The first-order chi connectivity index (χ1) is 15.1. The van der Waals surface area contributed by atoms with Crippen LogP contribution in [0.15, 0.2) is 17.9 Å². The third-order valence-electron chi connectivity index (χ3n) is 5.52. The van der Waals surface area contributed by atoms with Crippen LogP contribution in [-0.2, 0) is 16.1 Å². The molecule has 1 saturated heterocycles. The fourth-order valence-corrected chi connectivity index (χ4v) is 4.65. The van der Waals surface area contributed by atoms with E-state index in [1.807, 2.05) is 34.6 Å². The summed E-state index contributed by atoms with van der Waals surface area (Å²) in [6, 6.07) is -1.17. The second kappa shape index (κ2) is 10.0. The van der Waals surface area contributed by atoms with Crippen LogP contribution in [0.1, 0.15) is 45.6 Å². The van der Waals surface area contributed by atoms with Crippen molar-refractivity contribution in [2.75, 3.05) is 13.1 Å². The number of carbonyl (C=O) groups excluding carboxylic acids is 2. The van der Waals surface area contributed by atoms with Crippen molar-refractivity contribution in [2.45, 2.75) is 65.8 Å². The molecule has 1 aliphatic heterocycles. The molecular formula is C22H32N6O3S. The minimum Gasteiger partial charge on any atom is -0.391 e. The van der Waals surface area contributed by atoms with Crippen LogP contribution in [0.2, 0.25) is 0 Å². The number of carbonyl (C=O) groups is 2. The summed E-state index contributed by atoms with van der Waals surface area (Å²) in [4.78, 5) is 41.6. The topological polar surface area (TPSA) is 120 Å². The maximum absolute atomic E-state index is 13.2. The van der Waals surface area contributed by atoms with Crippen LogP contribution in [0.5, 0.6) is 0 Å². The normalized spacial score (nSPS) is 19.8. The number of aryl methyl sites for hydroxylation is 1. The summed E-state index contributed by atoms with van der Waals surface area (Å²) in [7, 11) is 0. The van der Waals surface area contributed by atoms with Gasteiger partial charge in [-0.25, -0.2) is 15.0 Å². The van der Waals surface area contributed by atoms with E-state index >= 15 is 0 Å². The first-order valence-corrected chi connectivity index (χ1v) is 11.7. The summed E-state index contributed by atoms with van der Waals surface area (Å²) >= 11 is 1.53. The molecule has 0 aromatic carbocycles. The lowest BCUT2D eigenvalue weighted by Gasteiger charge is -2.35. The van der Waals surface area contributed by atoms with Crippen molar-refractivity contribution in [3.63, 3.8) is 0 Å². The number of rotatable bonds is 7. The molecule has 0 aliphatic carbocycles. The average molecular weight is 461 g/mol. The third kappa shape index (κ3) is 5.48. The number of aromatic nitrogens is 3. The molecule has 2 aromatic rings. The lowest BCUT2D eigenvalue weighted by molar-refractivity contribution is -0.142. The average Bonchev–Trinajstić information content (AvgIpc) is 3.35. The number of nitrogens with zero attached hydrogens (tertiary/aromatic N) is 4. The van der Waals surface area contributed by atoms with Gasteiger partial charge in [-0.2, -0.15) is 0 Å². The van der Waals surface area contributed by atoms with Crippen molar-refractivity contribution in [1.29, 1.82) is 0 Å². The fourth-order valence-electron chi connectivity index (χ4n) is 3.87. The number of nitrogens with one attached hydrogen (secondary N) is 2. The Morgan fingerprint density at radius 3 is 2.53 bits per heavy atom. The molecule has 0 unspecified atom stereocenters. The standard InChI is InChI=1S/C22H32N6O3S/c1-6-23-19(22(3,4)5)21(31)28-11-15(29)7-16(28)20(30)26-10-17-24-8-14(9-25-17)18-13(2)27-12-32-18/h8-9,12,15-16,19,23,29H,6-7,10-11H2,1-5H3,(H,26,30)/t15-,16+,19-/m1/s1. The molecule has 9 nitrogen and oxygen atoms in total. The number of aliphatic hydroxyl groups excluding tert-OH is 1. The lowest BCUT2D eigenvalue weighted by Crippen LogP contribution is -2.56. The number of hydrogen-bond acceptors (Lipinski definition) is 8. The van der Waals surface area contributed by atoms with Crippen LogP contribution in [0.4, 0.5) is 0 Å². The van der Waals surface area contributed by atoms with Gasteiger partial charge in [-0.1, -0.05) is 27.7 Å². The molecule has 3 heterocycles. The summed E-state index contributed by atoms with van der Waals surface area (Å²) in [5.74, 6) is -0.0116. The maximum Gasteiger partial charge on any atom is 0.243 e. The van der Waals surface area contributed by atoms with Crippen LogP contribution < -0.4 is 10.6 Å². The predicted molar refractivity (Wildman–Crippen MR) is 123 cm³/mol. The number of aliphatic hydroxyl groups is 1. The second-order valence-corrected chi connectivity index (χ2v) is 9.98. The summed E-state index contributed by atoms with van der Waals surface area (Å²) in [6.07, 6.45) is 2.92. The minimum atomic E-state index is -0.727. The summed E-state index contributed by atoms with van der Waals surface area (Å²) in [5, 5.41) is 16.2. The SMILES string of the molecule is CCN[C@H](C(=O)N1C[C@H](O)C[C@H]1C(=O)NCc1ncc(-c2scnc2C)cn1)C(C)(C)C. The molecule has 0 spiro atoms. The van der Waals surface area contributed by atoms with Gasteiger partial charge in [0.05, 0.1) is 34.8 Å². The Morgan fingerprint density at radius 2 is 1.97 bits per heavy atom. The number of hydrogen-bond donors (Lipinski definition) is 3. The van der Waals surface area contributed by atoms with Crippen molar-refractivity contribution >= 4 is 23.2 Å². The van der Waals surface area contributed by atoms with E-state index in [1.54, 1.807) is 17.9 Å². The van der Waals surface area contributed by atoms with Gasteiger partial charge in [-0.15, -0.1) is 11.3 Å². The first kappa shape index (κ1) is 24.2. The van der Waals surface area contributed by atoms with Gasteiger partial charge in [0.1, 0.15) is 11.9 Å². The Morgan fingerprint density at radius 1 is 1.28 bits per heavy atom. The summed E-state index contributed by atoms with van der Waals surface area (Å²) in [6.45, 7) is 10.7. The third-order valence-corrected chi connectivity index (χ3v) is 6.50. The van der Waals surface area contributed by atoms with E-state index in [2.05, 4.69) is 25.6 Å². The van der Waals surface area contributed by atoms with Crippen LogP contribution in [0.25, 0.3) is 10.4 Å². The minimum absolute atomic E-state index is 0.144. The van der Waals surface area contributed by atoms with Crippen LogP contribution in [0.3, 0.4) is 0 Å². The van der Waals surface area contributed by atoms with Gasteiger partial charge in [0, 0.05) is 30.9 Å². The molecule has 10 heteroatoms. The van der Waals surface area contributed by atoms with Crippen molar-refractivity contribution in [3.05, 3.63) is 29.4 Å². The Bertz CT molecular complexity index is 940. The molecule has 3 rings (SSSR count). The Hall–Kier alpha value is -2.43. The molecule has 2 amide bonds.